The first-order chi connectivity index (χ1) is 12.3. The van der Waals surface area contributed by atoms with Crippen molar-refractivity contribution in [1.29, 1.82) is 0 Å². The smallest absolute Gasteiger partial charge is 0.0573 e. The molecule has 1 nitrogen and oxygen atoms in total. The molecule has 0 atom stereocenters. The van der Waals surface area contributed by atoms with E-state index in [0.717, 1.165) is 0 Å². The van der Waals surface area contributed by atoms with Gasteiger partial charge in [-0.3, -0.25) is 0 Å². The number of aromatic nitrogens is 1. The van der Waals surface area contributed by atoms with Crippen molar-refractivity contribution in [2.24, 2.45) is 13.0 Å². The molecule has 1 fully saturated rings. The highest BCUT2D eigenvalue weighted by atomic mass is 14.9. The summed E-state index contributed by atoms with van der Waals surface area (Å²) in [6.45, 7) is 0. The Balaban J connectivity index is 1.85. The van der Waals surface area contributed by atoms with Gasteiger partial charge in [-0.1, -0.05) is 67.8 Å². The van der Waals surface area contributed by atoms with Crippen molar-refractivity contribution in [3.63, 3.8) is 0 Å². The van der Waals surface area contributed by atoms with Crippen LogP contribution in [0.15, 0.2) is 72.5 Å². The number of hydrogen-bond donors (Lipinski definition) is 0. The predicted molar refractivity (Wildman–Crippen MR) is 107 cm³/mol. The quantitative estimate of drug-likeness (QED) is 0.494. The summed E-state index contributed by atoms with van der Waals surface area (Å²) in [6.07, 6.45) is 9.06. The Morgan fingerprint density at radius 2 is 1.68 bits per heavy atom. The molecule has 0 N–H and O–H groups in total. The Hall–Kier alpha value is -2.50. The van der Waals surface area contributed by atoms with Crippen LogP contribution in [0.5, 0.6) is 0 Å². The molecule has 0 aliphatic heterocycles. The van der Waals surface area contributed by atoms with Gasteiger partial charge in [-0.25, -0.2) is 0 Å². The molecule has 0 saturated heterocycles. The van der Waals surface area contributed by atoms with Crippen molar-refractivity contribution in [3.05, 3.63) is 83.7 Å². The molecule has 126 valence electrons. The van der Waals surface area contributed by atoms with E-state index in [1.165, 1.54) is 59.8 Å². The largest absolute Gasteiger partial charge is 0.343 e. The lowest BCUT2D eigenvalue weighted by atomic mass is 9.89. The average Bonchev–Trinajstić information content (AvgIpc) is 3.01. The van der Waals surface area contributed by atoms with Crippen molar-refractivity contribution in [1.82, 2.24) is 4.57 Å². The summed E-state index contributed by atoms with van der Waals surface area (Å²) in [5.74, 6) is 0.683. The molecule has 0 unspecified atom stereocenters. The lowest BCUT2D eigenvalue weighted by Gasteiger charge is -2.17. The van der Waals surface area contributed by atoms with Gasteiger partial charge in [0.2, 0.25) is 0 Å². The molecule has 1 saturated carbocycles. The molecule has 1 aromatic heterocycles. The van der Waals surface area contributed by atoms with Gasteiger partial charge in [0.25, 0.3) is 0 Å². The first-order valence-electron chi connectivity index (χ1n) is 9.40. The minimum absolute atomic E-state index is 0.683. The maximum Gasteiger partial charge on any atom is 0.0573 e. The van der Waals surface area contributed by atoms with Crippen LogP contribution in [0.1, 0.15) is 43.4 Å². The zero-order valence-corrected chi connectivity index (χ0v) is 14.9. The molecule has 4 rings (SSSR count). The highest BCUT2D eigenvalue weighted by molar-refractivity contribution is 5.89. The summed E-state index contributed by atoms with van der Waals surface area (Å²) < 4.78 is 2.29. The molecule has 25 heavy (non-hydrogen) atoms. The van der Waals surface area contributed by atoms with Crippen molar-refractivity contribution in [2.75, 3.05) is 0 Å². The fourth-order valence-electron chi connectivity index (χ4n) is 3.94. The van der Waals surface area contributed by atoms with Crippen LogP contribution in [0.25, 0.3) is 16.5 Å². The van der Waals surface area contributed by atoms with E-state index in [9.17, 15) is 0 Å². The molecule has 3 aromatic rings. The SMILES string of the molecule is Cn1c(C(=C=CC2CCCCC2)c2ccccc2)cc2ccccc21. The number of fused-ring (bicyclic) bond motifs is 1. The molecule has 1 heteroatoms. The van der Waals surface area contributed by atoms with Gasteiger partial charge < -0.3 is 4.57 Å². The number of aryl methyl sites for hydroxylation is 1. The van der Waals surface area contributed by atoms with Crippen LogP contribution in [-0.2, 0) is 7.05 Å². The maximum absolute atomic E-state index is 3.69. The Morgan fingerprint density at radius 1 is 0.960 bits per heavy atom. The van der Waals surface area contributed by atoms with E-state index in [2.05, 4.69) is 84.1 Å². The molecule has 2 aromatic carbocycles. The van der Waals surface area contributed by atoms with Gasteiger partial charge in [0, 0.05) is 23.5 Å². The second-order valence-electron chi connectivity index (χ2n) is 7.10. The van der Waals surface area contributed by atoms with Gasteiger partial charge in [-0.15, -0.1) is 5.73 Å². The summed E-state index contributed by atoms with van der Waals surface area (Å²) in [6, 6.07) is 21.6. The summed E-state index contributed by atoms with van der Waals surface area (Å²) >= 11 is 0. The molecule has 1 aliphatic rings. The molecule has 0 spiro atoms. The van der Waals surface area contributed by atoms with Crippen LogP contribution >= 0.6 is 0 Å². The highest BCUT2D eigenvalue weighted by Crippen LogP contribution is 2.29. The number of benzene rings is 2. The van der Waals surface area contributed by atoms with Gasteiger partial charge >= 0.3 is 0 Å². The molecule has 0 bridgehead atoms. The van der Waals surface area contributed by atoms with Crippen molar-refractivity contribution in [2.45, 2.75) is 32.1 Å². The molecular formula is C24H25N. The van der Waals surface area contributed by atoms with Gasteiger partial charge in [-0.2, -0.15) is 0 Å². The highest BCUT2D eigenvalue weighted by Gasteiger charge is 2.13. The number of hydrogen-bond acceptors (Lipinski definition) is 0. The van der Waals surface area contributed by atoms with E-state index in [1.807, 2.05) is 0 Å². The molecule has 1 aliphatic carbocycles. The Kier molecular flexibility index (Phi) is 4.59. The molecule has 0 radical (unpaired) electrons. The molecular weight excluding hydrogens is 302 g/mol. The van der Waals surface area contributed by atoms with E-state index >= 15 is 0 Å². The van der Waals surface area contributed by atoms with Crippen LogP contribution in [0.2, 0.25) is 0 Å². The number of allylic oxidation sites excluding steroid dienone is 1. The maximum atomic E-state index is 3.69. The Labute approximate surface area is 150 Å². The van der Waals surface area contributed by atoms with Gasteiger partial charge in [0.05, 0.1) is 5.69 Å². The predicted octanol–water partition coefficient (Wildman–Crippen LogP) is 6.35. The second-order valence-corrected chi connectivity index (χ2v) is 7.10. The average molecular weight is 327 g/mol. The fraction of sp³-hybridized carbons (Fsp3) is 0.292. The third-order valence-corrected chi connectivity index (χ3v) is 5.38. The minimum atomic E-state index is 0.683. The van der Waals surface area contributed by atoms with Crippen molar-refractivity contribution in [3.8, 4) is 0 Å². The third kappa shape index (κ3) is 3.34. The molecule has 1 heterocycles. The van der Waals surface area contributed by atoms with Gasteiger partial charge in [0.15, 0.2) is 0 Å². The lowest BCUT2D eigenvalue weighted by Crippen LogP contribution is -2.02. The fourth-order valence-corrected chi connectivity index (χ4v) is 3.94. The zero-order valence-electron chi connectivity index (χ0n) is 14.9. The summed E-state index contributed by atoms with van der Waals surface area (Å²) in [5.41, 5.74) is 8.63. The molecule has 0 amide bonds. The minimum Gasteiger partial charge on any atom is -0.343 e. The zero-order chi connectivity index (χ0) is 17.1. The normalized spacial score (nSPS) is 15.1. The number of nitrogens with zero attached hydrogens (tertiary/aromatic N) is 1. The van der Waals surface area contributed by atoms with E-state index in [0.29, 0.717) is 5.92 Å². The summed E-state index contributed by atoms with van der Waals surface area (Å²) in [5, 5.41) is 1.29. The van der Waals surface area contributed by atoms with E-state index in [4.69, 9.17) is 0 Å². The first kappa shape index (κ1) is 16.0. The van der Waals surface area contributed by atoms with Crippen LogP contribution in [0.3, 0.4) is 0 Å². The van der Waals surface area contributed by atoms with E-state index in [-0.39, 0.29) is 0 Å². The number of para-hydroxylation sites is 1. The summed E-state index contributed by atoms with van der Waals surface area (Å²) in [7, 11) is 2.16. The van der Waals surface area contributed by atoms with Crippen molar-refractivity contribution < 1.29 is 0 Å². The topological polar surface area (TPSA) is 4.93 Å². The summed E-state index contributed by atoms with van der Waals surface area (Å²) in [4.78, 5) is 0. The first-order valence-corrected chi connectivity index (χ1v) is 9.40. The van der Waals surface area contributed by atoms with Crippen LogP contribution in [0.4, 0.5) is 0 Å². The van der Waals surface area contributed by atoms with Crippen molar-refractivity contribution >= 4 is 16.5 Å². The Morgan fingerprint density at radius 3 is 2.44 bits per heavy atom. The lowest BCUT2D eigenvalue weighted by molar-refractivity contribution is 0.420. The van der Waals surface area contributed by atoms with Gasteiger partial charge in [0.1, 0.15) is 0 Å². The third-order valence-electron chi connectivity index (χ3n) is 5.38. The number of rotatable bonds is 3. The van der Waals surface area contributed by atoms with Crippen LogP contribution in [-0.4, -0.2) is 4.57 Å². The van der Waals surface area contributed by atoms with Gasteiger partial charge in [-0.05, 0) is 42.5 Å². The monoisotopic (exact) mass is 327 g/mol. The van der Waals surface area contributed by atoms with Crippen LogP contribution in [0, 0.1) is 5.92 Å². The van der Waals surface area contributed by atoms with Crippen LogP contribution < -0.4 is 0 Å². The van der Waals surface area contributed by atoms with E-state index in [1.54, 1.807) is 0 Å². The second kappa shape index (κ2) is 7.17. The standard InChI is InChI=1S/C24H25N/c1-25-23-15-9-8-14-21(23)18-24(25)22(20-12-6-3-7-13-20)17-16-19-10-4-2-5-11-19/h3,6-9,12-16,18-19H,2,4-5,10-11H2,1H3. The Bertz CT molecular complexity index is 917. The van der Waals surface area contributed by atoms with E-state index < -0.39 is 0 Å².